The van der Waals surface area contributed by atoms with Crippen molar-refractivity contribution in [2.24, 2.45) is 5.10 Å². The molecule has 0 atom stereocenters. The van der Waals surface area contributed by atoms with E-state index in [1.54, 1.807) is 25.3 Å². The average molecular weight is 383 g/mol. The van der Waals surface area contributed by atoms with Gasteiger partial charge in [-0.3, -0.25) is 4.79 Å². The minimum atomic E-state index is -0.373. The van der Waals surface area contributed by atoms with E-state index in [-0.39, 0.29) is 11.7 Å². The number of phenolic OH excluding ortho intramolecular Hbond substituents is 1. The third-order valence-corrected chi connectivity index (χ3v) is 4.49. The van der Waals surface area contributed by atoms with Crippen LogP contribution in [0.15, 0.2) is 53.6 Å². The van der Waals surface area contributed by atoms with Crippen LogP contribution in [-0.4, -0.2) is 35.8 Å². The number of hydrazone groups is 1. The molecule has 0 aliphatic heterocycles. The molecule has 0 aliphatic rings. The van der Waals surface area contributed by atoms with Crippen LogP contribution in [0.25, 0.3) is 11.3 Å². The first-order valence-electron chi connectivity index (χ1n) is 7.93. The molecule has 3 rings (SSSR count). The average Bonchev–Trinajstić information content (AvgIpc) is 3.18. The number of hydrogen-bond acceptors (Lipinski definition) is 7. The zero-order chi connectivity index (χ0) is 19.2. The Morgan fingerprint density at radius 3 is 2.67 bits per heavy atom. The van der Waals surface area contributed by atoms with E-state index in [4.69, 9.17) is 9.47 Å². The van der Waals surface area contributed by atoms with Crippen LogP contribution in [0.4, 0.5) is 0 Å². The Bertz CT molecular complexity index is 985. The summed E-state index contributed by atoms with van der Waals surface area (Å²) in [5.41, 5.74) is 4.54. The van der Waals surface area contributed by atoms with Crippen LogP contribution < -0.4 is 14.9 Å². The lowest BCUT2D eigenvalue weighted by atomic mass is 10.1. The summed E-state index contributed by atoms with van der Waals surface area (Å²) < 4.78 is 14.6. The third-order valence-electron chi connectivity index (χ3n) is 3.70. The zero-order valence-corrected chi connectivity index (χ0v) is 15.5. The topological polar surface area (TPSA) is 93.0 Å². The highest BCUT2D eigenvalue weighted by atomic mass is 32.1. The van der Waals surface area contributed by atoms with Gasteiger partial charge in [0, 0.05) is 5.56 Å². The summed E-state index contributed by atoms with van der Waals surface area (Å²) in [5, 5.41) is 13.6. The molecule has 0 saturated carbocycles. The lowest BCUT2D eigenvalue weighted by molar-refractivity contribution is 0.0959. The van der Waals surface area contributed by atoms with Gasteiger partial charge in [0.2, 0.25) is 0 Å². The number of carbonyl (C=O) groups is 1. The summed E-state index contributed by atoms with van der Waals surface area (Å²) in [5.74, 6) is 0.677. The first kappa shape index (κ1) is 18.4. The predicted octanol–water partition coefficient (Wildman–Crippen LogP) is 3.30. The first-order valence-corrected chi connectivity index (χ1v) is 8.70. The van der Waals surface area contributed by atoms with E-state index in [9.17, 15) is 9.90 Å². The van der Waals surface area contributed by atoms with Gasteiger partial charge in [-0.05, 0) is 53.5 Å². The van der Waals surface area contributed by atoms with E-state index >= 15 is 0 Å². The second kappa shape index (κ2) is 8.33. The van der Waals surface area contributed by atoms with Crippen molar-refractivity contribution in [2.75, 3.05) is 14.2 Å². The molecule has 1 aromatic heterocycles. The second-order valence-corrected chi connectivity index (χ2v) is 6.21. The monoisotopic (exact) mass is 383 g/mol. The van der Waals surface area contributed by atoms with Gasteiger partial charge in [0.15, 0.2) is 11.5 Å². The SMILES string of the molecule is COc1ccc(/C=N/NC(=O)c2cc(-c3ccccc3OC)ns2)cc1O. The number of rotatable bonds is 6. The number of para-hydroxylation sites is 1. The van der Waals surface area contributed by atoms with Crippen LogP contribution in [-0.2, 0) is 0 Å². The number of nitrogens with one attached hydrogen (secondary N) is 1. The van der Waals surface area contributed by atoms with E-state index < -0.39 is 0 Å². The number of carbonyl (C=O) groups excluding carboxylic acids is 1. The smallest absolute Gasteiger partial charge is 0.283 e. The zero-order valence-electron chi connectivity index (χ0n) is 14.7. The molecule has 138 valence electrons. The number of ether oxygens (including phenoxy) is 2. The van der Waals surface area contributed by atoms with Crippen molar-refractivity contribution in [3.63, 3.8) is 0 Å². The molecule has 3 aromatic rings. The number of nitrogens with zero attached hydrogens (tertiary/aromatic N) is 2. The Morgan fingerprint density at radius 1 is 1.15 bits per heavy atom. The number of amides is 1. The molecular weight excluding hydrogens is 366 g/mol. The fourth-order valence-electron chi connectivity index (χ4n) is 2.37. The number of aromatic hydroxyl groups is 1. The molecule has 2 aromatic carbocycles. The molecule has 0 saturated heterocycles. The molecule has 7 nitrogen and oxygen atoms in total. The molecule has 1 heterocycles. The van der Waals surface area contributed by atoms with Gasteiger partial charge in [-0.25, -0.2) is 5.43 Å². The van der Waals surface area contributed by atoms with Crippen LogP contribution in [0.2, 0.25) is 0 Å². The standard InChI is InChI=1S/C19H17N3O4S/c1-25-16-6-4-3-5-13(16)14-10-18(27-22-14)19(24)21-20-11-12-7-8-17(26-2)15(23)9-12/h3-11,23H,1-2H3,(H,21,24)/b20-11+. The van der Waals surface area contributed by atoms with Crippen molar-refractivity contribution in [1.82, 2.24) is 9.80 Å². The minimum absolute atomic E-state index is 0.00307. The Morgan fingerprint density at radius 2 is 1.93 bits per heavy atom. The van der Waals surface area contributed by atoms with E-state index in [1.807, 2.05) is 24.3 Å². The molecule has 0 aliphatic carbocycles. The molecular formula is C19H17N3O4S. The van der Waals surface area contributed by atoms with Gasteiger partial charge in [0.25, 0.3) is 5.91 Å². The Hall–Kier alpha value is -3.39. The highest BCUT2D eigenvalue weighted by molar-refractivity contribution is 7.08. The van der Waals surface area contributed by atoms with Crippen molar-refractivity contribution in [2.45, 2.75) is 0 Å². The van der Waals surface area contributed by atoms with Crippen molar-refractivity contribution >= 4 is 23.7 Å². The Labute approximate surface area is 160 Å². The van der Waals surface area contributed by atoms with Gasteiger partial charge >= 0.3 is 0 Å². The lowest BCUT2D eigenvalue weighted by Crippen LogP contribution is -2.16. The molecule has 27 heavy (non-hydrogen) atoms. The molecule has 8 heteroatoms. The van der Waals surface area contributed by atoms with Gasteiger partial charge < -0.3 is 14.6 Å². The largest absolute Gasteiger partial charge is 0.504 e. The van der Waals surface area contributed by atoms with Gasteiger partial charge in [0.1, 0.15) is 10.6 Å². The fourth-order valence-corrected chi connectivity index (χ4v) is 3.01. The summed E-state index contributed by atoms with van der Waals surface area (Å²) in [6, 6.07) is 14.0. The lowest BCUT2D eigenvalue weighted by Gasteiger charge is -2.04. The summed E-state index contributed by atoms with van der Waals surface area (Å²) in [6.45, 7) is 0. The van der Waals surface area contributed by atoms with Gasteiger partial charge in [-0.2, -0.15) is 9.47 Å². The summed E-state index contributed by atoms with van der Waals surface area (Å²) in [6.07, 6.45) is 1.43. The summed E-state index contributed by atoms with van der Waals surface area (Å²) >= 11 is 1.08. The molecule has 0 bridgehead atoms. The predicted molar refractivity (Wildman–Crippen MR) is 104 cm³/mol. The van der Waals surface area contributed by atoms with Crippen molar-refractivity contribution in [1.29, 1.82) is 0 Å². The van der Waals surface area contributed by atoms with Gasteiger partial charge in [0.05, 0.1) is 26.1 Å². The summed E-state index contributed by atoms with van der Waals surface area (Å²) in [7, 11) is 3.06. The number of phenols is 1. The maximum absolute atomic E-state index is 12.2. The van der Waals surface area contributed by atoms with E-state index in [0.29, 0.717) is 27.6 Å². The fraction of sp³-hybridized carbons (Fsp3) is 0.105. The van der Waals surface area contributed by atoms with E-state index in [0.717, 1.165) is 17.1 Å². The highest BCUT2D eigenvalue weighted by Crippen LogP contribution is 2.30. The molecule has 0 fully saturated rings. The number of hydrogen-bond donors (Lipinski definition) is 2. The molecule has 2 N–H and O–H groups in total. The van der Waals surface area contributed by atoms with Crippen LogP contribution in [0, 0.1) is 0 Å². The number of benzene rings is 2. The quantitative estimate of drug-likeness (QED) is 0.503. The van der Waals surface area contributed by atoms with Crippen molar-refractivity contribution in [3.8, 4) is 28.5 Å². The van der Waals surface area contributed by atoms with Crippen LogP contribution in [0.1, 0.15) is 15.2 Å². The molecule has 0 radical (unpaired) electrons. The normalized spacial score (nSPS) is 10.7. The minimum Gasteiger partial charge on any atom is -0.504 e. The number of aromatic nitrogens is 1. The van der Waals surface area contributed by atoms with Crippen molar-refractivity contribution < 1.29 is 19.4 Å². The summed E-state index contributed by atoms with van der Waals surface area (Å²) in [4.78, 5) is 12.7. The van der Waals surface area contributed by atoms with E-state index in [2.05, 4.69) is 14.9 Å². The van der Waals surface area contributed by atoms with E-state index in [1.165, 1.54) is 19.4 Å². The van der Waals surface area contributed by atoms with Gasteiger partial charge in [-0.15, -0.1) is 0 Å². The number of methoxy groups -OCH3 is 2. The highest BCUT2D eigenvalue weighted by Gasteiger charge is 2.13. The van der Waals surface area contributed by atoms with Crippen LogP contribution in [0.3, 0.4) is 0 Å². The second-order valence-electron chi connectivity index (χ2n) is 5.41. The Kier molecular flexibility index (Phi) is 5.68. The third kappa shape index (κ3) is 4.24. The molecule has 1 amide bonds. The van der Waals surface area contributed by atoms with Crippen molar-refractivity contribution in [3.05, 3.63) is 59.0 Å². The molecule has 0 spiro atoms. The van der Waals surface area contributed by atoms with Crippen LogP contribution in [0.5, 0.6) is 17.2 Å². The Balaban J connectivity index is 1.69. The van der Waals surface area contributed by atoms with Crippen LogP contribution >= 0.6 is 11.5 Å². The molecule has 0 unspecified atom stereocenters. The first-order chi connectivity index (χ1) is 13.1. The van der Waals surface area contributed by atoms with Gasteiger partial charge in [-0.1, -0.05) is 12.1 Å². The maximum Gasteiger partial charge on any atom is 0.283 e. The maximum atomic E-state index is 12.2.